The Labute approximate surface area is 110 Å². The van der Waals surface area contributed by atoms with Gasteiger partial charge in [-0.15, -0.1) is 0 Å². The van der Waals surface area contributed by atoms with Gasteiger partial charge in [0.2, 0.25) is 0 Å². The second kappa shape index (κ2) is 5.86. The molecule has 100 valence electrons. The van der Waals surface area contributed by atoms with E-state index in [2.05, 4.69) is 13.2 Å². The van der Waals surface area contributed by atoms with Crippen molar-refractivity contribution in [2.75, 3.05) is 0 Å². The fourth-order valence-corrected chi connectivity index (χ4v) is 1.52. The Kier molecular flexibility index (Phi) is 4.47. The summed E-state index contributed by atoms with van der Waals surface area (Å²) in [5.41, 5.74) is 1.000. The molecule has 0 spiro atoms. The number of carboxylic acid groups (broad SMARTS) is 2. The topological polar surface area (TPSA) is 94.8 Å². The fourth-order valence-electron chi connectivity index (χ4n) is 1.52. The molecule has 0 radical (unpaired) electrons. The maximum absolute atomic E-state index is 10.7. The molecular formula is C14H14O5. The lowest BCUT2D eigenvalue weighted by atomic mass is 9.99. The molecule has 0 aromatic heterocycles. The molecule has 0 aliphatic carbocycles. The molecule has 1 aromatic rings. The highest BCUT2D eigenvalue weighted by Gasteiger charge is 2.11. The Bertz CT molecular complexity index is 557. The molecule has 19 heavy (non-hydrogen) atoms. The highest BCUT2D eigenvalue weighted by atomic mass is 16.4. The zero-order valence-electron chi connectivity index (χ0n) is 10.2. The molecular weight excluding hydrogens is 248 g/mol. The minimum Gasteiger partial charge on any atom is -0.508 e. The molecule has 3 N–H and O–H groups in total. The van der Waals surface area contributed by atoms with Gasteiger partial charge in [0.25, 0.3) is 0 Å². The predicted octanol–water partition coefficient (Wildman–Crippen LogP) is 1.76. The summed E-state index contributed by atoms with van der Waals surface area (Å²) in [6, 6.07) is 4.52. The lowest BCUT2D eigenvalue weighted by molar-refractivity contribution is -0.133. The van der Waals surface area contributed by atoms with Gasteiger partial charge < -0.3 is 15.3 Å². The van der Waals surface area contributed by atoms with Crippen molar-refractivity contribution in [2.24, 2.45) is 0 Å². The smallest absolute Gasteiger partial charge is 0.331 e. The quantitative estimate of drug-likeness (QED) is 0.679. The maximum Gasteiger partial charge on any atom is 0.331 e. The van der Waals surface area contributed by atoms with Crippen LogP contribution in [0.5, 0.6) is 5.75 Å². The summed E-state index contributed by atoms with van der Waals surface area (Å²) < 4.78 is 0. The fraction of sp³-hybridized carbons (Fsp3) is 0.143. The molecule has 0 bridgehead atoms. The number of hydrogen-bond donors (Lipinski definition) is 3. The monoisotopic (exact) mass is 262 g/mol. The van der Waals surface area contributed by atoms with Crippen LogP contribution in [-0.2, 0) is 22.4 Å². The number of hydrogen-bond acceptors (Lipinski definition) is 3. The van der Waals surface area contributed by atoms with Gasteiger partial charge in [0.05, 0.1) is 0 Å². The normalized spacial score (nSPS) is 9.89. The zero-order valence-corrected chi connectivity index (χ0v) is 10.2. The van der Waals surface area contributed by atoms with E-state index in [4.69, 9.17) is 10.2 Å². The van der Waals surface area contributed by atoms with Gasteiger partial charge in [-0.1, -0.05) is 25.3 Å². The Balaban J connectivity index is 2.94. The van der Waals surface area contributed by atoms with Gasteiger partial charge in [0, 0.05) is 24.0 Å². The molecule has 0 heterocycles. The predicted molar refractivity (Wildman–Crippen MR) is 69.1 cm³/mol. The second-order valence-corrected chi connectivity index (χ2v) is 4.13. The SMILES string of the molecule is C=C(Cc1ccc(O)c(CC(=C)C(=O)O)c1)C(=O)O. The molecule has 0 fully saturated rings. The third-order valence-corrected chi connectivity index (χ3v) is 2.57. The highest BCUT2D eigenvalue weighted by molar-refractivity contribution is 5.87. The van der Waals surface area contributed by atoms with Crippen molar-refractivity contribution in [3.63, 3.8) is 0 Å². The van der Waals surface area contributed by atoms with E-state index in [9.17, 15) is 14.7 Å². The van der Waals surface area contributed by atoms with Gasteiger partial charge in [-0.2, -0.15) is 0 Å². The average molecular weight is 262 g/mol. The first-order valence-corrected chi connectivity index (χ1v) is 5.44. The van der Waals surface area contributed by atoms with Gasteiger partial charge in [-0.3, -0.25) is 0 Å². The van der Waals surface area contributed by atoms with E-state index in [1.165, 1.54) is 6.07 Å². The summed E-state index contributed by atoms with van der Waals surface area (Å²) in [6.07, 6.45) is 0.122. The Morgan fingerprint density at radius 1 is 1.00 bits per heavy atom. The highest BCUT2D eigenvalue weighted by Crippen LogP contribution is 2.22. The third-order valence-electron chi connectivity index (χ3n) is 2.57. The van der Waals surface area contributed by atoms with E-state index < -0.39 is 11.9 Å². The van der Waals surface area contributed by atoms with Crippen molar-refractivity contribution in [2.45, 2.75) is 12.8 Å². The number of phenolic OH excluding ortho intramolecular Hbond substituents is 1. The number of rotatable bonds is 6. The number of benzene rings is 1. The van der Waals surface area contributed by atoms with E-state index in [1.807, 2.05) is 0 Å². The first kappa shape index (κ1) is 14.5. The third kappa shape index (κ3) is 3.99. The molecule has 0 unspecified atom stereocenters. The van der Waals surface area contributed by atoms with Crippen molar-refractivity contribution in [1.82, 2.24) is 0 Å². The van der Waals surface area contributed by atoms with Crippen LogP contribution in [0.2, 0.25) is 0 Å². The molecule has 5 nitrogen and oxygen atoms in total. The van der Waals surface area contributed by atoms with E-state index in [-0.39, 0.29) is 29.7 Å². The number of carboxylic acids is 2. The molecule has 1 rings (SSSR count). The van der Waals surface area contributed by atoms with Crippen molar-refractivity contribution in [3.05, 3.63) is 53.6 Å². The van der Waals surface area contributed by atoms with Gasteiger partial charge in [0.1, 0.15) is 5.75 Å². The zero-order chi connectivity index (χ0) is 14.6. The molecule has 1 aromatic carbocycles. The molecule has 0 aliphatic rings. The van der Waals surface area contributed by atoms with Crippen LogP contribution in [0.15, 0.2) is 42.5 Å². The number of phenols is 1. The molecule has 5 heteroatoms. The molecule has 0 atom stereocenters. The van der Waals surface area contributed by atoms with E-state index in [1.54, 1.807) is 12.1 Å². The standard InChI is InChI=1S/C14H14O5/c1-8(13(16)17)5-10-3-4-12(15)11(7-10)6-9(2)14(18)19/h3-4,7,15H,1-2,5-6H2,(H,16,17)(H,18,19). The second-order valence-electron chi connectivity index (χ2n) is 4.13. The van der Waals surface area contributed by atoms with Crippen LogP contribution in [0.25, 0.3) is 0 Å². The summed E-state index contributed by atoms with van der Waals surface area (Å²) in [7, 11) is 0. The van der Waals surface area contributed by atoms with Gasteiger partial charge in [-0.05, 0) is 17.2 Å². The summed E-state index contributed by atoms with van der Waals surface area (Å²) in [4.78, 5) is 21.4. The summed E-state index contributed by atoms with van der Waals surface area (Å²) in [6.45, 7) is 6.80. The first-order valence-electron chi connectivity index (χ1n) is 5.44. The lowest BCUT2D eigenvalue weighted by Gasteiger charge is -2.08. The minimum absolute atomic E-state index is 0.00540. The molecule has 0 aliphatic heterocycles. The summed E-state index contributed by atoms with van der Waals surface area (Å²) >= 11 is 0. The average Bonchev–Trinajstić information content (AvgIpc) is 2.32. The van der Waals surface area contributed by atoms with Crippen molar-refractivity contribution >= 4 is 11.9 Å². The van der Waals surface area contributed by atoms with Crippen molar-refractivity contribution in [1.29, 1.82) is 0 Å². The van der Waals surface area contributed by atoms with Crippen LogP contribution < -0.4 is 0 Å². The van der Waals surface area contributed by atoms with Gasteiger partial charge in [-0.25, -0.2) is 9.59 Å². The summed E-state index contributed by atoms with van der Waals surface area (Å²) in [5.74, 6) is -2.28. The molecule has 0 saturated carbocycles. The Morgan fingerprint density at radius 3 is 2.05 bits per heavy atom. The number of aliphatic carboxylic acids is 2. The van der Waals surface area contributed by atoms with Crippen LogP contribution in [-0.4, -0.2) is 27.3 Å². The molecule has 0 saturated heterocycles. The van der Waals surface area contributed by atoms with Crippen LogP contribution in [0, 0.1) is 0 Å². The Morgan fingerprint density at radius 2 is 1.53 bits per heavy atom. The number of carbonyl (C=O) groups is 2. The van der Waals surface area contributed by atoms with Crippen LogP contribution in [0.3, 0.4) is 0 Å². The summed E-state index contributed by atoms with van der Waals surface area (Å²) in [5, 5.41) is 27.1. The first-order chi connectivity index (χ1) is 8.81. The van der Waals surface area contributed by atoms with E-state index in [0.717, 1.165) is 0 Å². The Hall–Kier alpha value is -2.56. The largest absolute Gasteiger partial charge is 0.508 e. The van der Waals surface area contributed by atoms with Gasteiger partial charge in [0.15, 0.2) is 0 Å². The maximum atomic E-state index is 10.7. The minimum atomic E-state index is -1.14. The molecule has 0 amide bonds. The van der Waals surface area contributed by atoms with Crippen LogP contribution in [0.4, 0.5) is 0 Å². The van der Waals surface area contributed by atoms with Crippen LogP contribution >= 0.6 is 0 Å². The lowest BCUT2D eigenvalue weighted by Crippen LogP contribution is -2.04. The van der Waals surface area contributed by atoms with Crippen LogP contribution in [0.1, 0.15) is 11.1 Å². The van der Waals surface area contributed by atoms with Crippen molar-refractivity contribution in [3.8, 4) is 5.75 Å². The van der Waals surface area contributed by atoms with Crippen molar-refractivity contribution < 1.29 is 24.9 Å². The number of aromatic hydroxyl groups is 1. The van der Waals surface area contributed by atoms with E-state index >= 15 is 0 Å². The van der Waals surface area contributed by atoms with E-state index in [0.29, 0.717) is 11.1 Å². The van der Waals surface area contributed by atoms with Gasteiger partial charge >= 0.3 is 11.9 Å².